The number of benzene rings is 1. The third kappa shape index (κ3) is 2.63. The summed E-state index contributed by atoms with van der Waals surface area (Å²) in [6.45, 7) is 8.14. The van der Waals surface area contributed by atoms with Gasteiger partial charge in [-0.1, -0.05) is 32.0 Å². The first-order valence-electron chi connectivity index (χ1n) is 6.50. The van der Waals surface area contributed by atoms with Gasteiger partial charge in [0.1, 0.15) is 0 Å². The maximum absolute atomic E-state index is 2.53. The predicted octanol–water partition coefficient (Wildman–Crippen LogP) is 2.74. The van der Waals surface area contributed by atoms with E-state index in [0.29, 0.717) is 5.41 Å². The van der Waals surface area contributed by atoms with Crippen molar-refractivity contribution in [3.05, 3.63) is 29.8 Å². The quantitative estimate of drug-likeness (QED) is 0.790. The monoisotopic (exact) mass is 232 g/mol. The minimum absolute atomic E-state index is 0.325. The molecule has 0 N–H and O–H groups in total. The number of nitrogens with zero attached hydrogens (tertiary/aromatic N) is 2. The van der Waals surface area contributed by atoms with Crippen LogP contribution in [0.1, 0.15) is 25.8 Å². The van der Waals surface area contributed by atoms with Gasteiger partial charge in [-0.3, -0.25) is 0 Å². The van der Waals surface area contributed by atoms with Gasteiger partial charge in [-0.15, -0.1) is 0 Å². The Morgan fingerprint density at radius 1 is 1.24 bits per heavy atom. The van der Waals surface area contributed by atoms with Crippen LogP contribution in [-0.4, -0.2) is 38.6 Å². The molecule has 94 valence electrons. The Morgan fingerprint density at radius 2 is 1.94 bits per heavy atom. The lowest BCUT2D eigenvalue weighted by Crippen LogP contribution is -2.40. The minimum Gasteiger partial charge on any atom is -0.370 e. The highest BCUT2D eigenvalue weighted by Gasteiger charge is 2.30. The molecule has 1 heterocycles. The van der Waals surface area contributed by atoms with Crippen LogP contribution in [-0.2, 0) is 5.41 Å². The molecule has 0 saturated carbocycles. The van der Waals surface area contributed by atoms with Gasteiger partial charge in [0.25, 0.3) is 0 Å². The molecule has 17 heavy (non-hydrogen) atoms. The van der Waals surface area contributed by atoms with Crippen molar-refractivity contribution in [2.75, 3.05) is 38.6 Å². The molecule has 0 saturated heterocycles. The number of likely N-dealkylation sites (N-methyl/N-ethyl adjacent to an activating group) is 1. The number of hydrogen-bond donors (Lipinski definition) is 0. The van der Waals surface area contributed by atoms with E-state index in [1.165, 1.54) is 24.2 Å². The predicted molar refractivity (Wildman–Crippen MR) is 74.9 cm³/mol. The van der Waals surface area contributed by atoms with Gasteiger partial charge in [-0.2, -0.15) is 0 Å². The molecule has 2 nitrogen and oxygen atoms in total. The molecule has 1 aliphatic heterocycles. The smallest absolute Gasteiger partial charge is 0.0404 e. The zero-order valence-corrected chi connectivity index (χ0v) is 11.5. The van der Waals surface area contributed by atoms with Crippen molar-refractivity contribution < 1.29 is 0 Å². The summed E-state index contributed by atoms with van der Waals surface area (Å²) in [6, 6.07) is 8.88. The van der Waals surface area contributed by atoms with E-state index in [0.717, 1.165) is 13.1 Å². The van der Waals surface area contributed by atoms with Gasteiger partial charge in [0.05, 0.1) is 0 Å². The summed E-state index contributed by atoms with van der Waals surface area (Å²) in [7, 11) is 4.28. The standard InChI is InChI=1S/C15H24N2/c1-15(2)9-10-17(12-11-16(3)4)14-8-6-5-7-13(14)15/h5-8H,9-12H2,1-4H3. The number of rotatable bonds is 3. The molecular formula is C15H24N2. The van der Waals surface area contributed by atoms with Crippen molar-refractivity contribution in [3.63, 3.8) is 0 Å². The average Bonchev–Trinajstić information content (AvgIpc) is 2.28. The Bertz CT molecular complexity index is 382. The molecule has 0 radical (unpaired) electrons. The average molecular weight is 232 g/mol. The summed E-state index contributed by atoms with van der Waals surface area (Å²) in [4.78, 5) is 4.78. The topological polar surface area (TPSA) is 6.48 Å². The highest BCUT2D eigenvalue weighted by molar-refractivity contribution is 5.58. The van der Waals surface area contributed by atoms with E-state index in [4.69, 9.17) is 0 Å². The maximum Gasteiger partial charge on any atom is 0.0404 e. The molecule has 0 aromatic heterocycles. The van der Waals surface area contributed by atoms with E-state index >= 15 is 0 Å². The van der Waals surface area contributed by atoms with Crippen LogP contribution in [0.5, 0.6) is 0 Å². The Morgan fingerprint density at radius 3 is 2.65 bits per heavy atom. The number of hydrogen-bond acceptors (Lipinski definition) is 2. The Hall–Kier alpha value is -1.02. The largest absolute Gasteiger partial charge is 0.370 e. The Kier molecular flexibility index (Phi) is 3.43. The third-order valence-electron chi connectivity index (χ3n) is 3.80. The zero-order valence-electron chi connectivity index (χ0n) is 11.5. The molecule has 0 unspecified atom stereocenters. The van der Waals surface area contributed by atoms with Crippen LogP contribution in [0.2, 0.25) is 0 Å². The summed E-state index contributed by atoms with van der Waals surface area (Å²) in [5.74, 6) is 0. The number of anilines is 1. The summed E-state index contributed by atoms with van der Waals surface area (Å²) in [5.41, 5.74) is 3.26. The van der Waals surface area contributed by atoms with Gasteiger partial charge in [0.15, 0.2) is 0 Å². The van der Waals surface area contributed by atoms with E-state index in [2.05, 4.69) is 62.0 Å². The van der Waals surface area contributed by atoms with Crippen LogP contribution in [0.4, 0.5) is 5.69 Å². The van der Waals surface area contributed by atoms with Gasteiger partial charge in [-0.25, -0.2) is 0 Å². The lowest BCUT2D eigenvalue weighted by Gasteiger charge is -2.40. The maximum atomic E-state index is 2.53. The molecule has 0 bridgehead atoms. The molecule has 0 aliphatic carbocycles. The molecule has 1 aromatic rings. The van der Waals surface area contributed by atoms with Gasteiger partial charge in [-0.05, 0) is 37.6 Å². The van der Waals surface area contributed by atoms with Crippen molar-refractivity contribution in [1.29, 1.82) is 0 Å². The molecule has 1 aromatic carbocycles. The number of para-hydroxylation sites is 1. The van der Waals surface area contributed by atoms with Crippen molar-refractivity contribution in [1.82, 2.24) is 4.90 Å². The minimum atomic E-state index is 0.325. The summed E-state index contributed by atoms with van der Waals surface area (Å²) < 4.78 is 0. The Balaban J connectivity index is 2.22. The van der Waals surface area contributed by atoms with Crippen LogP contribution in [0.25, 0.3) is 0 Å². The van der Waals surface area contributed by atoms with Crippen molar-refractivity contribution >= 4 is 5.69 Å². The lowest BCUT2D eigenvalue weighted by molar-refractivity contribution is 0.397. The van der Waals surface area contributed by atoms with Crippen molar-refractivity contribution in [2.24, 2.45) is 0 Å². The molecule has 2 rings (SSSR count). The van der Waals surface area contributed by atoms with Crippen LogP contribution < -0.4 is 4.90 Å². The van der Waals surface area contributed by atoms with Gasteiger partial charge in [0, 0.05) is 25.3 Å². The van der Waals surface area contributed by atoms with Crippen molar-refractivity contribution in [2.45, 2.75) is 25.7 Å². The van der Waals surface area contributed by atoms with Crippen LogP contribution in [0, 0.1) is 0 Å². The molecule has 0 amide bonds. The fourth-order valence-corrected chi connectivity index (χ4v) is 2.54. The van der Waals surface area contributed by atoms with E-state index in [1.807, 2.05) is 0 Å². The fraction of sp³-hybridized carbons (Fsp3) is 0.600. The first-order chi connectivity index (χ1) is 8.00. The zero-order chi connectivity index (χ0) is 12.5. The second-order valence-corrected chi connectivity index (χ2v) is 5.94. The van der Waals surface area contributed by atoms with Crippen LogP contribution in [0.3, 0.4) is 0 Å². The summed E-state index contributed by atoms with van der Waals surface area (Å²) in [5, 5.41) is 0. The Labute approximate surface area is 105 Å². The molecule has 0 fully saturated rings. The second kappa shape index (κ2) is 4.69. The molecule has 1 aliphatic rings. The van der Waals surface area contributed by atoms with E-state index in [9.17, 15) is 0 Å². The summed E-state index contributed by atoms with van der Waals surface area (Å²) in [6.07, 6.45) is 1.25. The van der Waals surface area contributed by atoms with Crippen molar-refractivity contribution in [3.8, 4) is 0 Å². The van der Waals surface area contributed by atoms with Gasteiger partial charge >= 0.3 is 0 Å². The van der Waals surface area contributed by atoms with E-state index in [1.54, 1.807) is 0 Å². The van der Waals surface area contributed by atoms with Gasteiger partial charge < -0.3 is 9.80 Å². The second-order valence-electron chi connectivity index (χ2n) is 5.94. The first kappa shape index (κ1) is 12.4. The third-order valence-corrected chi connectivity index (χ3v) is 3.80. The van der Waals surface area contributed by atoms with E-state index in [-0.39, 0.29) is 0 Å². The summed E-state index contributed by atoms with van der Waals surface area (Å²) >= 11 is 0. The molecular weight excluding hydrogens is 208 g/mol. The normalized spacial score (nSPS) is 18.3. The lowest BCUT2D eigenvalue weighted by atomic mass is 9.78. The number of fused-ring (bicyclic) bond motifs is 1. The molecule has 0 spiro atoms. The molecule has 0 atom stereocenters. The SMILES string of the molecule is CN(C)CCN1CCC(C)(C)c2ccccc21. The highest BCUT2D eigenvalue weighted by Crippen LogP contribution is 2.38. The van der Waals surface area contributed by atoms with E-state index < -0.39 is 0 Å². The highest BCUT2D eigenvalue weighted by atomic mass is 15.2. The van der Waals surface area contributed by atoms with Crippen LogP contribution in [0.15, 0.2) is 24.3 Å². The van der Waals surface area contributed by atoms with Gasteiger partial charge in [0.2, 0.25) is 0 Å². The molecule has 2 heteroatoms. The van der Waals surface area contributed by atoms with Crippen LogP contribution >= 0.6 is 0 Å². The fourth-order valence-electron chi connectivity index (χ4n) is 2.54. The first-order valence-corrected chi connectivity index (χ1v) is 6.50.